The molecule has 1 heterocycles. The summed E-state index contributed by atoms with van der Waals surface area (Å²) in [4.78, 5) is 2.89. The van der Waals surface area contributed by atoms with Crippen LogP contribution in [-0.2, 0) is 9.84 Å². The number of benzene rings is 1. The van der Waals surface area contributed by atoms with Gasteiger partial charge in [-0.3, -0.25) is 4.90 Å². The largest absolute Gasteiger partial charge is 0.389 e. The average molecular weight is 326 g/mol. The predicted octanol–water partition coefficient (Wildman–Crippen LogP) is 1.97. The molecule has 1 fully saturated rings. The highest BCUT2D eigenvalue weighted by Gasteiger charge is 2.21. The molecule has 0 amide bonds. The average Bonchev–Trinajstić information content (AvgIpc) is 2.46. The van der Waals surface area contributed by atoms with Crippen LogP contribution in [0.5, 0.6) is 0 Å². The number of likely N-dealkylation sites (tertiary alicyclic amines) is 1. The number of rotatable bonds is 5. The molecule has 6 heteroatoms. The van der Waals surface area contributed by atoms with Crippen LogP contribution >= 0.6 is 12.2 Å². The standard InChI is InChI=1S/C15H22N2O2S2/c1-12-4-2-3-9-17(12)10-11-21(18,19)14-7-5-13(6-8-14)15(16)20/h5-8,12H,2-4,9-11H2,1H3,(H2,16,20). The number of hydrogen-bond donors (Lipinski definition) is 1. The summed E-state index contributed by atoms with van der Waals surface area (Å²) < 4.78 is 24.7. The molecule has 1 atom stereocenters. The van der Waals surface area contributed by atoms with Crippen molar-refractivity contribution in [3.05, 3.63) is 29.8 Å². The van der Waals surface area contributed by atoms with Gasteiger partial charge >= 0.3 is 0 Å². The van der Waals surface area contributed by atoms with Crippen molar-refractivity contribution < 1.29 is 8.42 Å². The van der Waals surface area contributed by atoms with Gasteiger partial charge in [-0.05, 0) is 38.4 Å². The van der Waals surface area contributed by atoms with Gasteiger partial charge in [0.2, 0.25) is 0 Å². The maximum Gasteiger partial charge on any atom is 0.179 e. The number of thiocarbonyl (C=S) groups is 1. The van der Waals surface area contributed by atoms with E-state index in [9.17, 15) is 8.42 Å². The first kappa shape index (κ1) is 16.4. The molecule has 1 aliphatic rings. The molecule has 116 valence electrons. The van der Waals surface area contributed by atoms with Gasteiger partial charge in [0.25, 0.3) is 0 Å². The van der Waals surface area contributed by atoms with Crippen LogP contribution < -0.4 is 5.73 Å². The highest BCUT2D eigenvalue weighted by molar-refractivity contribution is 7.91. The van der Waals surface area contributed by atoms with Gasteiger partial charge in [-0.2, -0.15) is 0 Å². The molecule has 0 aromatic heterocycles. The van der Waals surface area contributed by atoms with E-state index in [1.54, 1.807) is 24.3 Å². The van der Waals surface area contributed by atoms with Gasteiger partial charge in [0.1, 0.15) is 4.99 Å². The van der Waals surface area contributed by atoms with Gasteiger partial charge < -0.3 is 5.73 Å². The van der Waals surface area contributed by atoms with Gasteiger partial charge in [-0.1, -0.05) is 30.8 Å². The Morgan fingerprint density at radius 2 is 2.00 bits per heavy atom. The Bertz CT molecular complexity index is 597. The first-order valence-corrected chi connectivity index (χ1v) is 9.33. The van der Waals surface area contributed by atoms with Crippen LogP contribution in [0.25, 0.3) is 0 Å². The zero-order valence-corrected chi connectivity index (χ0v) is 13.9. The molecule has 4 nitrogen and oxygen atoms in total. The van der Waals surface area contributed by atoms with Crippen LogP contribution in [0.3, 0.4) is 0 Å². The topological polar surface area (TPSA) is 63.4 Å². The SMILES string of the molecule is CC1CCCCN1CCS(=O)(=O)c1ccc(C(N)=S)cc1. The molecule has 0 radical (unpaired) electrons. The van der Waals surface area contributed by atoms with Crippen molar-refractivity contribution in [2.24, 2.45) is 5.73 Å². The molecule has 0 bridgehead atoms. The fourth-order valence-electron chi connectivity index (χ4n) is 2.67. The van der Waals surface area contributed by atoms with Gasteiger partial charge in [-0.25, -0.2) is 8.42 Å². The Balaban J connectivity index is 2.02. The zero-order valence-electron chi connectivity index (χ0n) is 12.3. The van der Waals surface area contributed by atoms with Crippen molar-refractivity contribution >= 4 is 27.0 Å². The molecule has 0 saturated carbocycles. The third-order valence-electron chi connectivity index (χ3n) is 4.09. The summed E-state index contributed by atoms with van der Waals surface area (Å²) in [5.41, 5.74) is 6.21. The number of sulfone groups is 1. The van der Waals surface area contributed by atoms with Crippen LogP contribution in [0.1, 0.15) is 31.7 Å². The molecule has 21 heavy (non-hydrogen) atoms. The summed E-state index contributed by atoms with van der Waals surface area (Å²) in [6.07, 6.45) is 3.56. The number of piperidine rings is 1. The van der Waals surface area contributed by atoms with Crippen molar-refractivity contribution in [2.75, 3.05) is 18.8 Å². The normalized spacial score (nSPS) is 20.3. The van der Waals surface area contributed by atoms with E-state index in [2.05, 4.69) is 11.8 Å². The first-order valence-electron chi connectivity index (χ1n) is 7.27. The van der Waals surface area contributed by atoms with Gasteiger partial charge in [0.15, 0.2) is 9.84 Å². The van der Waals surface area contributed by atoms with E-state index < -0.39 is 9.84 Å². The fraction of sp³-hybridized carbons (Fsp3) is 0.533. The molecule has 1 aliphatic heterocycles. The Kier molecular flexibility index (Phi) is 5.35. The molecule has 1 aromatic carbocycles. The minimum Gasteiger partial charge on any atom is -0.389 e. The summed E-state index contributed by atoms with van der Waals surface area (Å²) >= 11 is 4.87. The summed E-state index contributed by atoms with van der Waals surface area (Å²) in [7, 11) is -3.25. The summed E-state index contributed by atoms with van der Waals surface area (Å²) in [5, 5.41) is 0. The molecular formula is C15H22N2O2S2. The zero-order chi connectivity index (χ0) is 15.5. The van der Waals surface area contributed by atoms with Crippen molar-refractivity contribution in [2.45, 2.75) is 37.1 Å². The summed E-state index contributed by atoms with van der Waals surface area (Å²) in [6.45, 7) is 3.76. The second-order valence-corrected chi connectivity index (χ2v) is 8.14. The van der Waals surface area contributed by atoms with E-state index in [0.717, 1.165) is 19.4 Å². The van der Waals surface area contributed by atoms with Crippen molar-refractivity contribution in [1.82, 2.24) is 4.90 Å². The van der Waals surface area contributed by atoms with E-state index in [1.165, 1.54) is 6.42 Å². The quantitative estimate of drug-likeness (QED) is 0.838. The molecule has 0 aliphatic carbocycles. The van der Waals surface area contributed by atoms with E-state index in [-0.39, 0.29) is 10.7 Å². The number of nitrogens with zero attached hydrogens (tertiary/aromatic N) is 1. The minimum atomic E-state index is -3.25. The van der Waals surface area contributed by atoms with E-state index in [0.29, 0.717) is 23.0 Å². The lowest BCUT2D eigenvalue weighted by Crippen LogP contribution is -2.40. The van der Waals surface area contributed by atoms with Crippen LogP contribution in [0.4, 0.5) is 0 Å². The Morgan fingerprint density at radius 1 is 1.33 bits per heavy atom. The maximum atomic E-state index is 12.4. The Morgan fingerprint density at radius 3 is 2.57 bits per heavy atom. The number of nitrogens with two attached hydrogens (primary N) is 1. The summed E-state index contributed by atoms with van der Waals surface area (Å²) in [5.74, 6) is 0.157. The first-order chi connectivity index (χ1) is 9.90. The van der Waals surface area contributed by atoms with Gasteiger partial charge in [0.05, 0.1) is 10.6 Å². The lowest BCUT2D eigenvalue weighted by atomic mass is 10.0. The lowest BCUT2D eigenvalue weighted by Gasteiger charge is -2.33. The minimum absolute atomic E-state index is 0.157. The Hall–Kier alpha value is -0.980. The predicted molar refractivity (Wildman–Crippen MR) is 89.3 cm³/mol. The highest BCUT2D eigenvalue weighted by atomic mass is 32.2. The summed E-state index contributed by atoms with van der Waals surface area (Å²) in [6, 6.07) is 6.98. The van der Waals surface area contributed by atoms with E-state index >= 15 is 0 Å². The molecule has 0 spiro atoms. The van der Waals surface area contributed by atoms with Crippen molar-refractivity contribution in [3.8, 4) is 0 Å². The third kappa shape index (κ3) is 4.25. The molecule has 2 rings (SSSR count). The van der Waals surface area contributed by atoms with Crippen LogP contribution in [0.2, 0.25) is 0 Å². The van der Waals surface area contributed by atoms with E-state index in [1.807, 2.05) is 0 Å². The van der Waals surface area contributed by atoms with Crippen LogP contribution in [0, 0.1) is 0 Å². The second-order valence-electron chi connectivity index (χ2n) is 5.59. The van der Waals surface area contributed by atoms with Crippen LogP contribution in [0.15, 0.2) is 29.2 Å². The highest BCUT2D eigenvalue weighted by Crippen LogP contribution is 2.18. The fourth-order valence-corrected chi connectivity index (χ4v) is 4.07. The number of hydrogen-bond acceptors (Lipinski definition) is 4. The molecule has 1 aromatic rings. The van der Waals surface area contributed by atoms with Crippen molar-refractivity contribution in [3.63, 3.8) is 0 Å². The maximum absolute atomic E-state index is 12.4. The second kappa shape index (κ2) is 6.85. The Labute approximate surface area is 132 Å². The molecule has 2 N–H and O–H groups in total. The monoisotopic (exact) mass is 326 g/mol. The van der Waals surface area contributed by atoms with E-state index in [4.69, 9.17) is 18.0 Å². The molecular weight excluding hydrogens is 304 g/mol. The molecule has 1 saturated heterocycles. The van der Waals surface area contributed by atoms with Gasteiger partial charge in [0, 0.05) is 18.2 Å². The van der Waals surface area contributed by atoms with Gasteiger partial charge in [-0.15, -0.1) is 0 Å². The van der Waals surface area contributed by atoms with Crippen molar-refractivity contribution in [1.29, 1.82) is 0 Å². The van der Waals surface area contributed by atoms with Crippen LogP contribution in [-0.4, -0.2) is 43.2 Å². The smallest absolute Gasteiger partial charge is 0.179 e. The molecule has 1 unspecified atom stereocenters. The lowest BCUT2D eigenvalue weighted by molar-refractivity contribution is 0.170. The third-order valence-corrected chi connectivity index (χ3v) is 6.03.